The minimum atomic E-state index is -1.40. The van der Waals surface area contributed by atoms with E-state index in [-0.39, 0.29) is 12.3 Å². The predicted octanol–water partition coefficient (Wildman–Crippen LogP) is -1.35. The summed E-state index contributed by atoms with van der Waals surface area (Å²) >= 11 is 0. The van der Waals surface area contributed by atoms with Crippen molar-refractivity contribution in [2.45, 2.75) is 51.2 Å². The van der Waals surface area contributed by atoms with Crippen LogP contribution in [-0.4, -0.2) is 59.4 Å². The summed E-state index contributed by atoms with van der Waals surface area (Å²) in [7, 11) is 0. The number of carbonyl (C=O) groups excluding carboxylic acids is 4. The molecule has 0 spiro atoms. The largest absolute Gasteiger partial charge is 0.480 e. The third-order valence-electron chi connectivity index (χ3n) is 4.44. The minimum absolute atomic E-state index is 0.00292. The molecular formula is C21H31N5O6. The quantitative estimate of drug-likeness (QED) is 0.214. The lowest BCUT2D eigenvalue weighted by Crippen LogP contribution is -2.55. The van der Waals surface area contributed by atoms with Gasteiger partial charge in [0.25, 0.3) is 0 Å². The molecule has 0 aromatic heterocycles. The smallest absolute Gasteiger partial charge is 0.326 e. The molecule has 3 unspecified atom stereocenters. The molecule has 11 nitrogen and oxygen atoms in total. The summed E-state index contributed by atoms with van der Waals surface area (Å²) in [5.41, 5.74) is 11.6. The number of carbonyl (C=O) groups is 5. The Morgan fingerprint density at radius 3 is 2.12 bits per heavy atom. The van der Waals surface area contributed by atoms with Crippen LogP contribution in [0.4, 0.5) is 0 Å². The number of benzene rings is 1. The molecule has 32 heavy (non-hydrogen) atoms. The van der Waals surface area contributed by atoms with Gasteiger partial charge in [-0.3, -0.25) is 19.2 Å². The fraction of sp³-hybridized carbons (Fsp3) is 0.476. The summed E-state index contributed by atoms with van der Waals surface area (Å²) in [6.45, 7) is 3.32. The highest BCUT2D eigenvalue weighted by molar-refractivity contribution is 5.95. The Morgan fingerprint density at radius 1 is 0.969 bits per heavy atom. The standard InChI is InChI=1S/C21H31N5O6/c1-12(2)8-14(22)19(29)24-11-18(28)25-15(10-17(23)27)20(30)26-16(21(31)32)9-13-6-4-3-5-7-13/h3-7,12,14-16H,8-11,22H2,1-2H3,(H2,23,27)(H,24,29)(H,25,28)(H,26,30)(H,31,32). The first-order valence-electron chi connectivity index (χ1n) is 10.2. The predicted molar refractivity (Wildman–Crippen MR) is 116 cm³/mol. The lowest BCUT2D eigenvalue weighted by atomic mass is 10.0. The first kappa shape index (κ1) is 26.6. The Hall–Kier alpha value is -3.47. The summed E-state index contributed by atoms with van der Waals surface area (Å²) in [4.78, 5) is 59.6. The summed E-state index contributed by atoms with van der Waals surface area (Å²) in [6.07, 6.45) is -0.114. The van der Waals surface area contributed by atoms with Crippen LogP contribution in [-0.2, 0) is 30.4 Å². The van der Waals surface area contributed by atoms with Gasteiger partial charge in [0.15, 0.2) is 0 Å². The SMILES string of the molecule is CC(C)CC(N)C(=O)NCC(=O)NC(CC(N)=O)C(=O)NC(Cc1ccccc1)C(=O)O. The van der Waals surface area contributed by atoms with Crippen molar-refractivity contribution >= 4 is 29.6 Å². The molecule has 1 rings (SSSR count). The number of nitrogens with two attached hydrogens (primary N) is 2. The normalized spacial score (nSPS) is 13.5. The average molecular weight is 450 g/mol. The number of nitrogens with one attached hydrogen (secondary N) is 3. The Balaban J connectivity index is 2.73. The molecule has 0 aliphatic heterocycles. The highest BCUT2D eigenvalue weighted by Crippen LogP contribution is 2.05. The van der Waals surface area contributed by atoms with Crippen molar-refractivity contribution in [1.82, 2.24) is 16.0 Å². The van der Waals surface area contributed by atoms with E-state index in [2.05, 4.69) is 16.0 Å². The molecule has 1 aromatic rings. The first-order chi connectivity index (χ1) is 15.0. The van der Waals surface area contributed by atoms with Crippen LogP contribution < -0.4 is 27.4 Å². The van der Waals surface area contributed by atoms with Crippen molar-refractivity contribution in [3.63, 3.8) is 0 Å². The highest BCUT2D eigenvalue weighted by atomic mass is 16.4. The van der Waals surface area contributed by atoms with Crippen molar-refractivity contribution in [3.8, 4) is 0 Å². The molecule has 4 amide bonds. The molecule has 0 fully saturated rings. The third kappa shape index (κ3) is 10.0. The van der Waals surface area contributed by atoms with E-state index in [1.54, 1.807) is 30.3 Å². The molecule has 8 N–H and O–H groups in total. The monoisotopic (exact) mass is 449 g/mol. The van der Waals surface area contributed by atoms with Crippen LogP contribution in [0.2, 0.25) is 0 Å². The third-order valence-corrected chi connectivity index (χ3v) is 4.44. The minimum Gasteiger partial charge on any atom is -0.480 e. The molecule has 176 valence electrons. The van der Waals surface area contributed by atoms with Gasteiger partial charge in [0.1, 0.15) is 12.1 Å². The van der Waals surface area contributed by atoms with Crippen molar-refractivity contribution in [2.75, 3.05) is 6.54 Å². The molecule has 0 radical (unpaired) electrons. The Morgan fingerprint density at radius 2 is 1.59 bits per heavy atom. The van der Waals surface area contributed by atoms with Gasteiger partial charge in [-0.1, -0.05) is 44.2 Å². The van der Waals surface area contributed by atoms with E-state index in [4.69, 9.17) is 11.5 Å². The van der Waals surface area contributed by atoms with E-state index < -0.39 is 60.7 Å². The molecule has 0 saturated carbocycles. The van der Waals surface area contributed by atoms with E-state index in [1.807, 2.05) is 13.8 Å². The molecule has 0 bridgehead atoms. The van der Waals surface area contributed by atoms with E-state index in [0.29, 0.717) is 12.0 Å². The second kappa shape index (κ2) is 13.1. The van der Waals surface area contributed by atoms with Gasteiger partial charge in [-0.25, -0.2) is 4.79 Å². The van der Waals surface area contributed by atoms with E-state index in [9.17, 15) is 29.1 Å². The molecule has 0 heterocycles. The number of hydrogen-bond acceptors (Lipinski definition) is 6. The molecule has 0 aliphatic carbocycles. The van der Waals surface area contributed by atoms with Gasteiger partial charge in [-0.05, 0) is 17.9 Å². The zero-order valence-electron chi connectivity index (χ0n) is 18.2. The highest BCUT2D eigenvalue weighted by Gasteiger charge is 2.28. The fourth-order valence-electron chi connectivity index (χ4n) is 2.89. The summed E-state index contributed by atoms with van der Waals surface area (Å²) < 4.78 is 0. The van der Waals surface area contributed by atoms with Gasteiger partial charge in [0.05, 0.1) is 19.0 Å². The van der Waals surface area contributed by atoms with Crippen molar-refractivity contribution in [2.24, 2.45) is 17.4 Å². The topological polar surface area (TPSA) is 194 Å². The number of carboxylic acids is 1. The summed E-state index contributed by atoms with van der Waals surface area (Å²) in [6, 6.07) is 5.16. The van der Waals surface area contributed by atoms with Gasteiger partial charge in [0, 0.05) is 6.42 Å². The zero-order chi connectivity index (χ0) is 24.3. The number of carboxylic acid groups (broad SMARTS) is 1. The second-order valence-electron chi connectivity index (χ2n) is 7.83. The van der Waals surface area contributed by atoms with Gasteiger partial charge in [-0.2, -0.15) is 0 Å². The molecule has 11 heteroatoms. The number of hydrogen-bond donors (Lipinski definition) is 6. The number of aliphatic carboxylic acids is 1. The maximum atomic E-state index is 12.6. The summed E-state index contributed by atoms with van der Waals surface area (Å²) in [5.74, 6) is -4.14. The van der Waals surface area contributed by atoms with Gasteiger partial charge >= 0.3 is 5.97 Å². The molecule has 0 aliphatic rings. The van der Waals surface area contributed by atoms with Gasteiger partial charge < -0.3 is 32.5 Å². The Bertz CT molecular complexity index is 814. The number of primary amides is 1. The van der Waals surface area contributed by atoms with Crippen LogP contribution in [0.3, 0.4) is 0 Å². The van der Waals surface area contributed by atoms with Crippen LogP contribution >= 0.6 is 0 Å². The molecule has 1 aromatic carbocycles. The maximum absolute atomic E-state index is 12.6. The van der Waals surface area contributed by atoms with Gasteiger partial charge in [0.2, 0.25) is 23.6 Å². The van der Waals surface area contributed by atoms with Crippen molar-refractivity contribution in [3.05, 3.63) is 35.9 Å². The van der Waals surface area contributed by atoms with Crippen molar-refractivity contribution < 1.29 is 29.1 Å². The second-order valence-corrected chi connectivity index (χ2v) is 7.83. The van der Waals surface area contributed by atoms with Crippen LogP contribution in [0.1, 0.15) is 32.3 Å². The number of amides is 4. The van der Waals surface area contributed by atoms with Crippen LogP contribution in [0.5, 0.6) is 0 Å². The van der Waals surface area contributed by atoms with Crippen LogP contribution in [0.15, 0.2) is 30.3 Å². The first-order valence-corrected chi connectivity index (χ1v) is 10.2. The van der Waals surface area contributed by atoms with E-state index in [1.165, 1.54) is 0 Å². The lowest BCUT2D eigenvalue weighted by Gasteiger charge is -2.21. The lowest BCUT2D eigenvalue weighted by molar-refractivity contribution is -0.142. The maximum Gasteiger partial charge on any atom is 0.326 e. The molecule has 0 saturated heterocycles. The summed E-state index contributed by atoms with van der Waals surface area (Å²) in [5, 5.41) is 16.4. The Labute approximate surface area is 186 Å². The van der Waals surface area contributed by atoms with Crippen molar-refractivity contribution in [1.29, 1.82) is 0 Å². The van der Waals surface area contributed by atoms with E-state index >= 15 is 0 Å². The van der Waals surface area contributed by atoms with Gasteiger partial charge in [-0.15, -0.1) is 0 Å². The zero-order valence-corrected chi connectivity index (χ0v) is 18.2. The van der Waals surface area contributed by atoms with E-state index in [0.717, 1.165) is 0 Å². The molecule has 3 atom stereocenters. The van der Waals surface area contributed by atoms with Crippen LogP contribution in [0.25, 0.3) is 0 Å². The average Bonchev–Trinajstić information content (AvgIpc) is 2.70. The molecular weight excluding hydrogens is 418 g/mol. The number of rotatable bonds is 13. The fourth-order valence-corrected chi connectivity index (χ4v) is 2.89. The Kier molecular flexibility index (Phi) is 10.8. The van der Waals surface area contributed by atoms with Crippen LogP contribution in [0, 0.1) is 5.92 Å².